The van der Waals surface area contributed by atoms with Crippen molar-refractivity contribution in [1.29, 1.82) is 0 Å². The van der Waals surface area contributed by atoms with Gasteiger partial charge in [-0.25, -0.2) is 0 Å². The second-order valence-corrected chi connectivity index (χ2v) is 6.99. The fourth-order valence-electron chi connectivity index (χ4n) is 3.95. The van der Waals surface area contributed by atoms with Crippen molar-refractivity contribution in [1.82, 2.24) is 4.90 Å². The molecule has 114 valence electrons. The monoisotopic (exact) mass is 283 g/mol. The quantitative estimate of drug-likeness (QED) is 0.750. The van der Waals surface area contributed by atoms with Gasteiger partial charge in [-0.2, -0.15) is 0 Å². The van der Waals surface area contributed by atoms with Crippen LogP contribution in [0, 0.1) is 0 Å². The van der Waals surface area contributed by atoms with E-state index >= 15 is 0 Å². The zero-order valence-electron chi connectivity index (χ0n) is 13.7. The van der Waals surface area contributed by atoms with Crippen molar-refractivity contribution >= 4 is 5.57 Å². The standard InChI is InChI=1S/C20H29N/c1-21(2)18-14-13-17-11-8-12-19(20(17)15-18)16-9-6-4-3-5-7-10-16/h8-9,11-12,18H,3-7,10,13-15H2,1-2H3/t18-/m1/s1. The van der Waals surface area contributed by atoms with Crippen LogP contribution >= 0.6 is 0 Å². The lowest BCUT2D eigenvalue weighted by molar-refractivity contribution is 0.268. The molecule has 0 fully saturated rings. The van der Waals surface area contributed by atoms with Crippen molar-refractivity contribution in [3.8, 4) is 0 Å². The van der Waals surface area contributed by atoms with E-state index in [1.807, 2.05) is 0 Å². The Hall–Kier alpha value is -1.08. The summed E-state index contributed by atoms with van der Waals surface area (Å²) in [4.78, 5) is 2.41. The molecule has 0 N–H and O–H groups in total. The van der Waals surface area contributed by atoms with Crippen molar-refractivity contribution in [2.24, 2.45) is 0 Å². The molecule has 1 heteroatoms. The molecular formula is C20H29N. The van der Waals surface area contributed by atoms with E-state index in [-0.39, 0.29) is 0 Å². The minimum Gasteiger partial charge on any atom is -0.306 e. The smallest absolute Gasteiger partial charge is 0.0133 e. The van der Waals surface area contributed by atoms with Gasteiger partial charge in [-0.15, -0.1) is 0 Å². The maximum Gasteiger partial charge on any atom is 0.0133 e. The van der Waals surface area contributed by atoms with Gasteiger partial charge in [0.25, 0.3) is 0 Å². The van der Waals surface area contributed by atoms with Crippen molar-refractivity contribution in [3.05, 3.63) is 41.0 Å². The van der Waals surface area contributed by atoms with Crippen molar-refractivity contribution in [2.45, 2.75) is 63.8 Å². The number of benzene rings is 1. The highest BCUT2D eigenvalue weighted by Crippen LogP contribution is 2.33. The predicted molar refractivity (Wildman–Crippen MR) is 91.6 cm³/mol. The molecular weight excluding hydrogens is 254 g/mol. The highest BCUT2D eigenvalue weighted by molar-refractivity contribution is 5.70. The highest BCUT2D eigenvalue weighted by Gasteiger charge is 2.23. The van der Waals surface area contributed by atoms with Gasteiger partial charge in [-0.05, 0) is 81.3 Å². The van der Waals surface area contributed by atoms with Crippen molar-refractivity contribution < 1.29 is 0 Å². The minimum atomic E-state index is 0.716. The summed E-state index contributed by atoms with van der Waals surface area (Å²) in [5.41, 5.74) is 6.45. The van der Waals surface area contributed by atoms with Crippen molar-refractivity contribution in [2.75, 3.05) is 14.1 Å². The molecule has 0 amide bonds. The van der Waals surface area contributed by atoms with Gasteiger partial charge in [0.15, 0.2) is 0 Å². The summed E-state index contributed by atoms with van der Waals surface area (Å²) in [6.07, 6.45) is 14.4. The average Bonchev–Trinajstić information content (AvgIpc) is 2.46. The Balaban J connectivity index is 1.92. The zero-order chi connectivity index (χ0) is 14.7. The normalized spacial score (nSPS) is 23.2. The third-order valence-electron chi connectivity index (χ3n) is 5.33. The predicted octanol–water partition coefficient (Wildman–Crippen LogP) is 4.84. The molecule has 1 atom stereocenters. The fourth-order valence-corrected chi connectivity index (χ4v) is 3.95. The van der Waals surface area contributed by atoms with Gasteiger partial charge < -0.3 is 4.90 Å². The van der Waals surface area contributed by atoms with E-state index in [0.29, 0.717) is 6.04 Å². The van der Waals surface area contributed by atoms with Crippen LogP contribution < -0.4 is 0 Å². The summed E-state index contributed by atoms with van der Waals surface area (Å²) in [7, 11) is 4.46. The maximum atomic E-state index is 2.54. The number of fused-ring (bicyclic) bond motifs is 1. The van der Waals surface area contributed by atoms with Crippen LogP contribution in [-0.2, 0) is 12.8 Å². The summed E-state index contributed by atoms with van der Waals surface area (Å²) in [5.74, 6) is 0. The van der Waals surface area contributed by atoms with Gasteiger partial charge in [0.05, 0.1) is 0 Å². The maximum absolute atomic E-state index is 2.54. The van der Waals surface area contributed by atoms with Crippen LogP contribution in [0.5, 0.6) is 0 Å². The number of hydrogen-bond donors (Lipinski definition) is 0. The minimum absolute atomic E-state index is 0.716. The Morgan fingerprint density at radius 1 is 1.00 bits per heavy atom. The lowest BCUT2D eigenvalue weighted by Gasteiger charge is -2.31. The molecule has 2 aliphatic rings. The van der Waals surface area contributed by atoms with Crippen LogP contribution in [0.3, 0.4) is 0 Å². The Bertz CT molecular complexity index is 513. The summed E-state index contributed by atoms with van der Waals surface area (Å²) in [6, 6.07) is 7.73. The third-order valence-corrected chi connectivity index (χ3v) is 5.33. The number of aryl methyl sites for hydroxylation is 1. The molecule has 0 aromatic heterocycles. The van der Waals surface area contributed by atoms with Crippen LogP contribution in [0.4, 0.5) is 0 Å². The summed E-state index contributed by atoms with van der Waals surface area (Å²) in [5, 5.41) is 0. The molecule has 1 aromatic carbocycles. The number of nitrogens with zero attached hydrogens (tertiary/aromatic N) is 1. The Kier molecular flexibility index (Phi) is 4.80. The van der Waals surface area contributed by atoms with Gasteiger partial charge in [-0.1, -0.05) is 37.1 Å². The molecule has 0 aliphatic heterocycles. The number of allylic oxidation sites excluding steroid dienone is 2. The second kappa shape index (κ2) is 6.79. The SMILES string of the molecule is CN(C)[C@@H]1CCc2cccc(C3=CCCCCCC3)c2C1. The Labute approximate surface area is 130 Å². The van der Waals surface area contributed by atoms with Crippen molar-refractivity contribution in [3.63, 3.8) is 0 Å². The lowest BCUT2D eigenvalue weighted by atomic mass is 9.81. The van der Waals surface area contributed by atoms with Crippen LogP contribution in [0.1, 0.15) is 61.6 Å². The van der Waals surface area contributed by atoms with Crippen LogP contribution in [-0.4, -0.2) is 25.0 Å². The van der Waals surface area contributed by atoms with E-state index in [1.165, 1.54) is 57.8 Å². The first-order valence-electron chi connectivity index (χ1n) is 8.72. The molecule has 0 unspecified atom stereocenters. The fraction of sp³-hybridized carbons (Fsp3) is 0.600. The zero-order valence-corrected chi connectivity index (χ0v) is 13.7. The molecule has 0 heterocycles. The molecule has 1 nitrogen and oxygen atoms in total. The van der Waals surface area contributed by atoms with E-state index in [1.54, 1.807) is 22.3 Å². The first-order valence-corrected chi connectivity index (χ1v) is 8.72. The second-order valence-electron chi connectivity index (χ2n) is 6.99. The molecule has 21 heavy (non-hydrogen) atoms. The summed E-state index contributed by atoms with van der Waals surface area (Å²) >= 11 is 0. The third kappa shape index (κ3) is 3.40. The molecule has 0 saturated carbocycles. The lowest BCUT2D eigenvalue weighted by Crippen LogP contribution is -2.34. The molecule has 0 bridgehead atoms. The van der Waals surface area contributed by atoms with Crippen LogP contribution in [0.25, 0.3) is 5.57 Å². The number of likely N-dealkylation sites (N-methyl/N-ethyl adjacent to an activating group) is 1. The molecule has 1 aromatic rings. The largest absolute Gasteiger partial charge is 0.306 e. The van der Waals surface area contributed by atoms with E-state index < -0.39 is 0 Å². The van der Waals surface area contributed by atoms with E-state index in [9.17, 15) is 0 Å². The highest BCUT2D eigenvalue weighted by atomic mass is 15.1. The Morgan fingerprint density at radius 3 is 2.71 bits per heavy atom. The topological polar surface area (TPSA) is 3.24 Å². The first-order chi connectivity index (χ1) is 10.3. The van der Waals surface area contributed by atoms with Crippen LogP contribution in [0.15, 0.2) is 24.3 Å². The van der Waals surface area contributed by atoms with Gasteiger partial charge >= 0.3 is 0 Å². The average molecular weight is 283 g/mol. The first kappa shape index (κ1) is 14.8. The molecule has 0 radical (unpaired) electrons. The molecule has 3 rings (SSSR count). The van der Waals surface area contributed by atoms with Gasteiger partial charge in [0.1, 0.15) is 0 Å². The van der Waals surface area contributed by atoms with Gasteiger partial charge in [0, 0.05) is 6.04 Å². The summed E-state index contributed by atoms with van der Waals surface area (Å²) in [6.45, 7) is 0. The van der Waals surface area contributed by atoms with Crippen LogP contribution in [0.2, 0.25) is 0 Å². The van der Waals surface area contributed by atoms with Gasteiger partial charge in [0.2, 0.25) is 0 Å². The van der Waals surface area contributed by atoms with E-state index in [0.717, 1.165) is 0 Å². The number of rotatable bonds is 2. The Morgan fingerprint density at radius 2 is 1.86 bits per heavy atom. The molecule has 0 spiro atoms. The molecule has 2 aliphatic carbocycles. The van der Waals surface area contributed by atoms with E-state index in [4.69, 9.17) is 0 Å². The summed E-state index contributed by atoms with van der Waals surface area (Å²) < 4.78 is 0. The molecule has 0 saturated heterocycles. The van der Waals surface area contributed by atoms with E-state index in [2.05, 4.69) is 43.3 Å². The number of hydrogen-bond acceptors (Lipinski definition) is 1. The van der Waals surface area contributed by atoms with Gasteiger partial charge in [-0.3, -0.25) is 0 Å².